The Morgan fingerprint density at radius 2 is 1.96 bits per heavy atom. The Labute approximate surface area is 149 Å². The molecule has 25 heavy (non-hydrogen) atoms. The molecule has 2 aliphatic heterocycles. The number of hydrogen-bond acceptors (Lipinski definition) is 3. The number of carbonyl (C=O) groups is 2. The molecule has 1 aromatic rings. The number of carbonyl (C=O) groups excluding carboxylic acids is 2. The van der Waals surface area contributed by atoms with E-state index in [-0.39, 0.29) is 24.1 Å². The molecular formula is C19H27N3O3. The Hall–Kier alpha value is -2.08. The predicted molar refractivity (Wildman–Crippen MR) is 95.0 cm³/mol. The van der Waals surface area contributed by atoms with Gasteiger partial charge in [-0.1, -0.05) is 30.3 Å². The van der Waals surface area contributed by atoms with Crippen molar-refractivity contribution in [2.45, 2.75) is 44.9 Å². The van der Waals surface area contributed by atoms with Crippen LogP contribution >= 0.6 is 0 Å². The third-order valence-electron chi connectivity index (χ3n) is 4.89. The zero-order valence-electron chi connectivity index (χ0n) is 14.8. The number of urea groups is 1. The maximum Gasteiger partial charge on any atom is 0.317 e. The van der Waals surface area contributed by atoms with Gasteiger partial charge in [-0.15, -0.1) is 0 Å². The highest BCUT2D eigenvalue weighted by Gasteiger charge is 2.32. The summed E-state index contributed by atoms with van der Waals surface area (Å²) in [5, 5.41) is 3.03. The number of amides is 3. The zero-order chi connectivity index (χ0) is 17.6. The van der Waals surface area contributed by atoms with Crippen LogP contribution < -0.4 is 5.32 Å². The summed E-state index contributed by atoms with van der Waals surface area (Å²) >= 11 is 0. The highest BCUT2D eigenvalue weighted by molar-refractivity contribution is 5.81. The second kappa shape index (κ2) is 8.34. The molecule has 3 rings (SSSR count). The molecule has 6 heteroatoms. The summed E-state index contributed by atoms with van der Waals surface area (Å²) < 4.78 is 5.62. The van der Waals surface area contributed by atoms with Gasteiger partial charge >= 0.3 is 6.03 Å². The van der Waals surface area contributed by atoms with E-state index < -0.39 is 0 Å². The Morgan fingerprint density at radius 1 is 1.24 bits per heavy atom. The first-order valence-electron chi connectivity index (χ1n) is 9.14. The van der Waals surface area contributed by atoms with E-state index in [1.807, 2.05) is 47.1 Å². The van der Waals surface area contributed by atoms with E-state index in [0.717, 1.165) is 25.0 Å². The van der Waals surface area contributed by atoms with Gasteiger partial charge in [0.25, 0.3) is 0 Å². The Bertz CT molecular complexity index is 585. The third kappa shape index (κ3) is 4.72. The molecule has 0 aromatic heterocycles. The Morgan fingerprint density at radius 3 is 2.64 bits per heavy atom. The fourth-order valence-corrected chi connectivity index (χ4v) is 3.55. The maximum absolute atomic E-state index is 12.4. The Kier molecular flexibility index (Phi) is 5.91. The largest absolute Gasteiger partial charge is 0.378 e. The average Bonchev–Trinajstić information content (AvgIpc) is 2.96. The topological polar surface area (TPSA) is 61.9 Å². The molecule has 1 aromatic carbocycles. The molecule has 0 saturated carbocycles. The average molecular weight is 345 g/mol. The standard InChI is InChI=1S/C19H27N3O3/c1-2-25-17-8-10-21(11-9-17)19(24)20-16-12-18(23)22(14-16)13-15-6-4-3-5-7-15/h3-7,16-17H,2,8-14H2,1H3,(H,20,24)/t16-/m0/s1. The van der Waals surface area contributed by atoms with Crippen molar-refractivity contribution in [3.05, 3.63) is 35.9 Å². The highest BCUT2D eigenvalue weighted by atomic mass is 16.5. The van der Waals surface area contributed by atoms with E-state index in [1.165, 1.54) is 0 Å². The summed E-state index contributed by atoms with van der Waals surface area (Å²) in [4.78, 5) is 28.3. The van der Waals surface area contributed by atoms with Crippen molar-refractivity contribution in [2.75, 3.05) is 26.2 Å². The first-order valence-corrected chi connectivity index (χ1v) is 9.14. The number of rotatable bonds is 5. The number of nitrogens with one attached hydrogen (secondary N) is 1. The van der Waals surface area contributed by atoms with Crippen LogP contribution in [-0.4, -0.2) is 60.1 Å². The van der Waals surface area contributed by atoms with Crippen LogP contribution in [0.5, 0.6) is 0 Å². The normalized spacial score (nSPS) is 21.6. The van der Waals surface area contributed by atoms with Crippen LogP contribution in [0.3, 0.4) is 0 Å². The van der Waals surface area contributed by atoms with Crippen LogP contribution in [0.4, 0.5) is 4.79 Å². The lowest BCUT2D eigenvalue weighted by atomic mass is 10.1. The minimum Gasteiger partial charge on any atom is -0.378 e. The van der Waals surface area contributed by atoms with Gasteiger partial charge in [0.15, 0.2) is 0 Å². The number of benzene rings is 1. The maximum atomic E-state index is 12.4. The molecule has 6 nitrogen and oxygen atoms in total. The lowest BCUT2D eigenvalue weighted by molar-refractivity contribution is -0.128. The molecule has 2 heterocycles. The lowest BCUT2D eigenvalue weighted by Crippen LogP contribution is -2.49. The molecule has 1 N–H and O–H groups in total. The third-order valence-corrected chi connectivity index (χ3v) is 4.89. The monoisotopic (exact) mass is 345 g/mol. The van der Waals surface area contributed by atoms with Crippen LogP contribution in [-0.2, 0) is 16.1 Å². The second-order valence-electron chi connectivity index (χ2n) is 6.75. The van der Waals surface area contributed by atoms with Gasteiger partial charge in [0, 0.05) is 39.2 Å². The van der Waals surface area contributed by atoms with E-state index in [9.17, 15) is 9.59 Å². The van der Waals surface area contributed by atoms with Crippen molar-refractivity contribution in [3.8, 4) is 0 Å². The van der Waals surface area contributed by atoms with E-state index in [1.54, 1.807) is 0 Å². The van der Waals surface area contributed by atoms with E-state index in [2.05, 4.69) is 5.32 Å². The first-order chi connectivity index (χ1) is 12.2. The number of likely N-dealkylation sites (tertiary alicyclic amines) is 2. The van der Waals surface area contributed by atoms with Crippen molar-refractivity contribution in [2.24, 2.45) is 0 Å². The van der Waals surface area contributed by atoms with Gasteiger partial charge in [-0.2, -0.15) is 0 Å². The lowest BCUT2D eigenvalue weighted by Gasteiger charge is -2.32. The summed E-state index contributed by atoms with van der Waals surface area (Å²) in [6.45, 7) is 5.33. The van der Waals surface area contributed by atoms with Crippen molar-refractivity contribution >= 4 is 11.9 Å². The highest BCUT2D eigenvalue weighted by Crippen LogP contribution is 2.17. The van der Waals surface area contributed by atoms with Crippen molar-refractivity contribution in [1.82, 2.24) is 15.1 Å². The van der Waals surface area contributed by atoms with E-state index in [0.29, 0.717) is 32.6 Å². The van der Waals surface area contributed by atoms with Gasteiger partial charge in [-0.05, 0) is 25.3 Å². The molecule has 0 radical (unpaired) electrons. The smallest absolute Gasteiger partial charge is 0.317 e. The molecule has 136 valence electrons. The number of nitrogens with zero attached hydrogens (tertiary/aromatic N) is 2. The van der Waals surface area contributed by atoms with Gasteiger partial charge in [0.2, 0.25) is 5.91 Å². The van der Waals surface area contributed by atoms with Crippen LogP contribution in [0, 0.1) is 0 Å². The van der Waals surface area contributed by atoms with E-state index >= 15 is 0 Å². The Balaban J connectivity index is 1.46. The minimum absolute atomic E-state index is 0.0608. The van der Waals surface area contributed by atoms with Crippen LogP contribution in [0.2, 0.25) is 0 Å². The van der Waals surface area contributed by atoms with Gasteiger partial charge < -0.3 is 19.9 Å². The number of ether oxygens (including phenoxy) is 1. The van der Waals surface area contributed by atoms with Crippen LogP contribution in [0.15, 0.2) is 30.3 Å². The van der Waals surface area contributed by atoms with Gasteiger partial charge in [0.05, 0.1) is 12.1 Å². The molecule has 0 unspecified atom stereocenters. The van der Waals surface area contributed by atoms with Crippen LogP contribution in [0.1, 0.15) is 31.7 Å². The van der Waals surface area contributed by atoms with Gasteiger partial charge in [-0.25, -0.2) is 4.79 Å². The van der Waals surface area contributed by atoms with Gasteiger partial charge in [0.1, 0.15) is 0 Å². The summed E-state index contributed by atoms with van der Waals surface area (Å²) in [5.41, 5.74) is 1.11. The minimum atomic E-state index is -0.103. The SMILES string of the molecule is CCOC1CCN(C(=O)N[C@H]2CC(=O)N(Cc3ccccc3)C2)CC1. The molecule has 1 atom stereocenters. The van der Waals surface area contributed by atoms with Crippen molar-refractivity contribution in [1.29, 1.82) is 0 Å². The van der Waals surface area contributed by atoms with Crippen molar-refractivity contribution in [3.63, 3.8) is 0 Å². The molecule has 0 bridgehead atoms. The molecule has 0 aliphatic carbocycles. The second-order valence-corrected chi connectivity index (χ2v) is 6.75. The first kappa shape index (κ1) is 17.7. The van der Waals surface area contributed by atoms with Gasteiger partial charge in [-0.3, -0.25) is 4.79 Å². The van der Waals surface area contributed by atoms with Crippen LogP contribution in [0.25, 0.3) is 0 Å². The predicted octanol–water partition coefficient (Wildman–Crippen LogP) is 2.00. The molecule has 2 saturated heterocycles. The summed E-state index contributed by atoms with van der Waals surface area (Å²) in [5.74, 6) is 0.101. The summed E-state index contributed by atoms with van der Waals surface area (Å²) in [6, 6.07) is 9.78. The molecule has 0 spiro atoms. The molecule has 2 fully saturated rings. The number of piperidine rings is 1. The molecule has 3 amide bonds. The summed E-state index contributed by atoms with van der Waals surface area (Å²) in [7, 11) is 0. The van der Waals surface area contributed by atoms with E-state index in [4.69, 9.17) is 4.74 Å². The quantitative estimate of drug-likeness (QED) is 0.888. The fourth-order valence-electron chi connectivity index (χ4n) is 3.55. The molecular weight excluding hydrogens is 318 g/mol. The van der Waals surface area contributed by atoms with Crippen molar-refractivity contribution < 1.29 is 14.3 Å². The fraction of sp³-hybridized carbons (Fsp3) is 0.579. The molecule has 2 aliphatic rings. The summed E-state index contributed by atoms with van der Waals surface area (Å²) in [6.07, 6.45) is 2.41. The zero-order valence-corrected chi connectivity index (χ0v) is 14.8. The number of hydrogen-bond donors (Lipinski definition) is 1.